The van der Waals surface area contributed by atoms with Gasteiger partial charge in [0, 0.05) is 6.04 Å². The minimum atomic E-state index is 0.695. The zero-order valence-corrected chi connectivity index (χ0v) is 13.6. The molecular weight excluding hydrogens is 262 g/mol. The molecule has 21 heavy (non-hydrogen) atoms. The van der Waals surface area contributed by atoms with Gasteiger partial charge in [0.15, 0.2) is 11.5 Å². The van der Waals surface area contributed by atoms with Crippen LogP contribution in [0.2, 0.25) is 0 Å². The quantitative estimate of drug-likeness (QED) is 0.709. The Kier molecular flexibility index (Phi) is 6.37. The van der Waals surface area contributed by atoms with Crippen LogP contribution >= 0.6 is 0 Å². The number of ether oxygens (including phenoxy) is 2. The zero-order chi connectivity index (χ0) is 15.1. The summed E-state index contributed by atoms with van der Waals surface area (Å²) in [7, 11) is 1.68. The maximum Gasteiger partial charge on any atom is 0.161 e. The van der Waals surface area contributed by atoms with Crippen LogP contribution in [-0.4, -0.2) is 26.3 Å². The largest absolute Gasteiger partial charge is 0.493 e. The highest BCUT2D eigenvalue weighted by Crippen LogP contribution is 2.27. The van der Waals surface area contributed by atoms with Gasteiger partial charge in [-0.05, 0) is 56.2 Å². The van der Waals surface area contributed by atoms with E-state index < -0.39 is 0 Å². The summed E-state index contributed by atoms with van der Waals surface area (Å²) < 4.78 is 11.2. The van der Waals surface area contributed by atoms with Crippen LogP contribution in [0, 0.1) is 11.8 Å². The number of hydrogen-bond acceptors (Lipinski definition) is 3. The standard InChI is InChI=1S/C18H29NO2/c1-14(2)12-15(13-19-16-8-9-16)10-11-21-18-7-5-4-6-17(18)20-3/h4-7,14-16,19H,8-13H2,1-3H3. The smallest absolute Gasteiger partial charge is 0.161 e. The van der Waals surface area contributed by atoms with E-state index in [1.165, 1.54) is 19.3 Å². The molecule has 1 N–H and O–H groups in total. The van der Waals surface area contributed by atoms with E-state index in [9.17, 15) is 0 Å². The SMILES string of the molecule is COc1ccccc1OCCC(CNC1CC1)CC(C)C. The molecule has 0 amide bonds. The van der Waals surface area contributed by atoms with E-state index in [0.717, 1.165) is 43.0 Å². The Hall–Kier alpha value is -1.22. The first-order chi connectivity index (χ1) is 10.2. The number of benzene rings is 1. The van der Waals surface area contributed by atoms with Crippen molar-refractivity contribution in [2.24, 2.45) is 11.8 Å². The van der Waals surface area contributed by atoms with Crippen molar-refractivity contribution in [2.45, 2.75) is 45.6 Å². The molecule has 1 fully saturated rings. The van der Waals surface area contributed by atoms with Crippen molar-refractivity contribution < 1.29 is 9.47 Å². The van der Waals surface area contributed by atoms with Gasteiger partial charge in [-0.25, -0.2) is 0 Å². The molecule has 1 saturated carbocycles. The summed E-state index contributed by atoms with van der Waals surface area (Å²) in [6.07, 6.45) is 5.06. The molecule has 1 atom stereocenters. The number of methoxy groups -OCH3 is 1. The molecule has 1 aliphatic carbocycles. The van der Waals surface area contributed by atoms with Crippen molar-refractivity contribution >= 4 is 0 Å². The fourth-order valence-corrected chi connectivity index (χ4v) is 2.66. The van der Waals surface area contributed by atoms with Crippen LogP contribution in [0.1, 0.15) is 39.5 Å². The van der Waals surface area contributed by atoms with Gasteiger partial charge in [-0.1, -0.05) is 26.0 Å². The summed E-state index contributed by atoms with van der Waals surface area (Å²) in [5.41, 5.74) is 0. The van der Waals surface area contributed by atoms with Gasteiger partial charge in [0.05, 0.1) is 13.7 Å². The van der Waals surface area contributed by atoms with E-state index in [4.69, 9.17) is 9.47 Å². The summed E-state index contributed by atoms with van der Waals surface area (Å²) in [6, 6.07) is 8.65. The molecule has 1 aromatic rings. The van der Waals surface area contributed by atoms with Gasteiger partial charge in [-0.2, -0.15) is 0 Å². The Morgan fingerprint density at radius 2 is 1.90 bits per heavy atom. The van der Waals surface area contributed by atoms with Crippen LogP contribution in [0.3, 0.4) is 0 Å². The number of hydrogen-bond donors (Lipinski definition) is 1. The van der Waals surface area contributed by atoms with Crippen molar-refractivity contribution in [1.82, 2.24) is 5.32 Å². The summed E-state index contributed by atoms with van der Waals surface area (Å²) in [4.78, 5) is 0. The highest BCUT2D eigenvalue weighted by Gasteiger charge is 2.22. The van der Waals surface area contributed by atoms with Crippen LogP contribution in [0.15, 0.2) is 24.3 Å². The number of rotatable bonds is 10. The molecule has 2 rings (SSSR count). The van der Waals surface area contributed by atoms with Gasteiger partial charge >= 0.3 is 0 Å². The summed E-state index contributed by atoms with van der Waals surface area (Å²) in [6.45, 7) is 6.47. The second kappa shape index (κ2) is 8.28. The third kappa shape index (κ3) is 5.96. The van der Waals surface area contributed by atoms with Crippen molar-refractivity contribution in [2.75, 3.05) is 20.3 Å². The predicted molar refractivity (Wildman–Crippen MR) is 87.1 cm³/mol. The zero-order valence-electron chi connectivity index (χ0n) is 13.6. The van der Waals surface area contributed by atoms with Gasteiger partial charge < -0.3 is 14.8 Å². The van der Waals surface area contributed by atoms with Gasteiger partial charge in [-0.3, -0.25) is 0 Å². The molecule has 0 heterocycles. The lowest BCUT2D eigenvalue weighted by Gasteiger charge is -2.20. The van der Waals surface area contributed by atoms with E-state index in [1.807, 2.05) is 24.3 Å². The topological polar surface area (TPSA) is 30.5 Å². The predicted octanol–water partition coefficient (Wildman–Crippen LogP) is 3.88. The Labute approximate surface area is 129 Å². The fraction of sp³-hybridized carbons (Fsp3) is 0.667. The molecule has 1 unspecified atom stereocenters. The molecule has 0 aromatic heterocycles. The van der Waals surface area contributed by atoms with Crippen LogP contribution < -0.4 is 14.8 Å². The molecule has 0 spiro atoms. The van der Waals surface area contributed by atoms with Crippen molar-refractivity contribution in [1.29, 1.82) is 0 Å². The average Bonchev–Trinajstić information content (AvgIpc) is 3.28. The maximum atomic E-state index is 5.91. The third-order valence-corrected chi connectivity index (χ3v) is 3.93. The molecule has 0 aliphatic heterocycles. The normalized spacial score (nSPS) is 16.0. The van der Waals surface area contributed by atoms with Crippen LogP contribution in [-0.2, 0) is 0 Å². The first-order valence-electron chi connectivity index (χ1n) is 8.18. The molecule has 0 bridgehead atoms. The van der Waals surface area contributed by atoms with Crippen molar-refractivity contribution in [3.8, 4) is 11.5 Å². The molecule has 1 aliphatic rings. The molecular formula is C18H29NO2. The first-order valence-corrected chi connectivity index (χ1v) is 8.18. The fourth-order valence-electron chi connectivity index (χ4n) is 2.66. The Morgan fingerprint density at radius 3 is 2.52 bits per heavy atom. The van der Waals surface area contributed by atoms with Crippen molar-refractivity contribution in [3.63, 3.8) is 0 Å². The molecule has 3 nitrogen and oxygen atoms in total. The summed E-state index contributed by atoms with van der Waals surface area (Å²) >= 11 is 0. The van der Waals surface area contributed by atoms with Gasteiger partial charge in [0.2, 0.25) is 0 Å². The minimum Gasteiger partial charge on any atom is -0.493 e. The summed E-state index contributed by atoms with van der Waals surface area (Å²) in [5, 5.41) is 3.65. The Bertz CT molecular complexity index is 415. The minimum absolute atomic E-state index is 0.695. The average molecular weight is 291 g/mol. The lowest BCUT2D eigenvalue weighted by atomic mass is 9.94. The van der Waals surface area contributed by atoms with Crippen LogP contribution in [0.4, 0.5) is 0 Å². The van der Waals surface area contributed by atoms with E-state index in [-0.39, 0.29) is 0 Å². The Morgan fingerprint density at radius 1 is 1.19 bits per heavy atom. The first kappa shape index (κ1) is 16.2. The Balaban J connectivity index is 1.76. The highest BCUT2D eigenvalue weighted by molar-refractivity contribution is 5.39. The summed E-state index contributed by atoms with van der Waals surface area (Å²) in [5.74, 6) is 3.09. The van der Waals surface area contributed by atoms with E-state index in [2.05, 4.69) is 19.2 Å². The van der Waals surface area contributed by atoms with E-state index in [1.54, 1.807) is 7.11 Å². The lowest BCUT2D eigenvalue weighted by Crippen LogP contribution is -2.27. The van der Waals surface area contributed by atoms with Gasteiger partial charge in [-0.15, -0.1) is 0 Å². The van der Waals surface area contributed by atoms with Gasteiger partial charge in [0.25, 0.3) is 0 Å². The molecule has 118 valence electrons. The van der Waals surface area contributed by atoms with Crippen molar-refractivity contribution in [3.05, 3.63) is 24.3 Å². The third-order valence-electron chi connectivity index (χ3n) is 3.93. The van der Waals surface area contributed by atoms with Gasteiger partial charge in [0.1, 0.15) is 0 Å². The molecule has 0 saturated heterocycles. The second-order valence-electron chi connectivity index (χ2n) is 6.47. The van der Waals surface area contributed by atoms with E-state index >= 15 is 0 Å². The lowest BCUT2D eigenvalue weighted by molar-refractivity contribution is 0.247. The number of nitrogens with one attached hydrogen (secondary N) is 1. The van der Waals surface area contributed by atoms with Crippen LogP contribution in [0.5, 0.6) is 11.5 Å². The highest BCUT2D eigenvalue weighted by atomic mass is 16.5. The molecule has 0 radical (unpaired) electrons. The molecule has 3 heteroatoms. The molecule has 1 aromatic carbocycles. The van der Waals surface area contributed by atoms with Crippen LogP contribution in [0.25, 0.3) is 0 Å². The monoisotopic (exact) mass is 291 g/mol. The second-order valence-corrected chi connectivity index (χ2v) is 6.47. The maximum absolute atomic E-state index is 5.91. The number of para-hydroxylation sites is 2. The van der Waals surface area contributed by atoms with E-state index in [0.29, 0.717) is 5.92 Å².